The summed E-state index contributed by atoms with van der Waals surface area (Å²) in [5, 5.41) is 8.72. The van der Waals surface area contributed by atoms with E-state index < -0.39 is 0 Å². The first kappa shape index (κ1) is 21.2. The number of para-hydroxylation sites is 1. The van der Waals surface area contributed by atoms with Crippen LogP contribution in [-0.4, -0.2) is 14.9 Å². The molecule has 162 valence electrons. The average molecular weight is 496 g/mol. The van der Waals surface area contributed by atoms with E-state index in [9.17, 15) is 4.79 Å². The number of halogens is 1. The number of benzene rings is 4. The summed E-state index contributed by atoms with van der Waals surface area (Å²) in [6.45, 7) is 0.116. The number of imidazole rings is 1. The van der Waals surface area contributed by atoms with Crippen LogP contribution in [0, 0.1) is 5.41 Å². The first-order valence-electron chi connectivity index (χ1n) is 10.7. The molecule has 0 bridgehead atoms. The molecular weight excluding hydrogens is 474 g/mol. The van der Waals surface area contributed by atoms with E-state index in [1.807, 2.05) is 66.2 Å². The molecule has 33 heavy (non-hydrogen) atoms. The normalized spacial score (nSPS) is 11.1. The molecule has 1 heterocycles. The highest BCUT2D eigenvalue weighted by Gasteiger charge is 2.16. The van der Waals surface area contributed by atoms with E-state index in [2.05, 4.69) is 58.4 Å². The fourth-order valence-electron chi connectivity index (χ4n) is 4.26. The Morgan fingerprint density at radius 3 is 2.24 bits per heavy atom. The van der Waals surface area contributed by atoms with Crippen molar-refractivity contribution in [1.29, 1.82) is 5.41 Å². The highest BCUT2D eigenvalue weighted by molar-refractivity contribution is 9.10. The Hall–Kier alpha value is -3.70. The number of hydrogen-bond donors (Lipinski definition) is 1. The maximum absolute atomic E-state index is 13.0. The summed E-state index contributed by atoms with van der Waals surface area (Å²) >= 11 is 3.41. The van der Waals surface area contributed by atoms with Gasteiger partial charge in [-0.2, -0.15) is 0 Å². The molecule has 1 aromatic heterocycles. The van der Waals surface area contributed by atoms with E-state index >= 15 is 0 Å². The van der Waals surface area contributed by atoms with Crippen molar-refractivity contribution in [2.75, 3.05) is 0 Å². The SMILES string of the molecule is Cn1c(=N)n(CC(=O)c2ccc(Br)cc2)c2cccc(-c3cccc(-c4ccccc4)c3)c21. The molecule has 0 unspecified atom stereocenters. The predicted octanol–water partition coefficient (Wildman–Crippen LogP) is 6.44. The van der Waals surface area contributed by atoms with E-state index in [0.717, 1.165) is 37.8 Å². The van der Waals surface area contributed by atoms with Crippen LogP contribution in [0.15, 0.2) is 102 Å². The van der Waals surface area contributed by atoms with Gasteiger partial charge in [0.2, 0.25) is 5.62 Å². The lowest BCUT2D eigenvalue weighted by Gasteiger charge is -2.09. The molecule has 0 amide bonds. The van der Waals surface area contributed by atoms with Gasteiger partial charge in [0.05, 0.1) is 17.6 Å². The van der Waals surface area contributed by atoms with Gasteiger partial charge in [0.15, 0.2) is 5.78 Å². The number of rotatable bonds is 5. The molecule has 4 aromatic carbocycles. The van der Waals surface area contributed by atoms with Crippen LogP contribution in [0.25, 0.3) is 33.3 Å². The molecule has 0 spiro atoms. The van der Waals surface area contributed by atoms with Crippen molar-refractivity contribution in [3.63, 3.8) is 0 Å². The van der Waals surface area contributed by atoms with E-state index in [-0.39, 0.29) is 12.3 Å². The molecule has 5 heteroatoms. The van der Waals surface area contributed by atoms with Crippen molar-refractivity contribution < 1.29 is 4.79 Å². The van der Waals surface area contributed by atoms with Crippen molar-refractivity contribution in [2.24, 2.45) is 7.05 Å². The lowest BCUT2D eigenvalue weighted by molar-refractivity contribution is 0.0971. The van der Waals surface area contributed by atoms with Crippen molar-refractivity contribution in [2.45, 2.75) is 6.54 Å². The van der Waals surface area contributed by atoms with Gasteiger partial charge in [0.1, 0.15) is 0 Å². The van der Waals surface area contributed by atoms with Gasteiger partial charge in [-0.15, -0.1) is 0 Å². The average Bonchev–Trinajstić information content (AvgIpc) is 3.10. The smallest absolute Gasteiger partial charge is 0.203 e. The Bertz CT molecular complexity index is 1530. The topological polar surface area (TPSA) is 50.8 Å². The summed E-state index contributed by atoms with van der Waals surface area (Å²) < 4.78 is 4.57. The molecule has 4 nitrogen and oxygen atoms in total. The van der Waals surface area contributed by atoms with E-state index in [0.29, 0.717) is 11.2 Å². The number of Topliss-reactive ketones (excluding diaryl/α,β-unsaturated/α-hetero) is 1. The second kappa shape index (κ2) is 8.68. The summed E-state index contributed by atoms with van der Waals surface area (Å²) in [4.78, 5) is 13.0. The zero-order valence-electron chi connectivity index (χ0n) is 18.1. The van der Waals surface area contributed by atoms with Gasteiger partial charge >= 0.3 is 0 Å². The van der Waals surface area contributed by atoms with Gasteiger partial charge in [0, 0.05) is 22.6 Å². The summed E-state index contributed by atoms with van der Waals surface area (Å²) in [6.07, 6.45) is 0. The number of ketones is 1. The molecule has 5 aromatic rings. The number of fused-ring (bicyclic) bond motifs is 1. The van der Waals surface area contributed by atoms with Crippen LogP contribution < -0.4 is 5.62 Å². The third kappa shape index (κ3) is 3.96. The molecular formula is C28H22BrN3O. The fraction of sp³-hybridized carbons (Fsp3) is 0.0714. The summed E-state index contributed by atoms with van der Waals surface area (Å²) in [5.74, 6) is -0.0232. The van der Waals surface area contributed by atoms with Crippen LogP contribution in [0.3, 0.4) is 0 Å². The molecule has 0 aliphatic heterocycles. The van der Waals surface area contributed by atoms with Crippen molar-refractivity contribution >= 4 is 32.7 Å². The number of carbonyl (C=O) groups excluding carboxylic acids is 1. The first-order valence-corrected chi connectivity index (χ1v) is 11.5. The first-order chi connectivity index (χ1) is 16.0. The fourth-order valence-corrected chi connectivity index (χ4v) is 4.53. The molecule has 1 N–H and O–H groups in total. The molecule has 0 radical (unpaired) electrons. The van der Waals surface area contributed by atoms with Gasteiger partial charge in [0.25, 0.3) is 0 Å². The Kier molecular flexibility index (Phi) is 5.56. The van der Waals surface area contributed by atoms with Gasteiger partial charge < -0.3 is 9.13 Å². The summed E-state index contributed by atoms with van der Waals surface area (Å²) in [6, 6.07) is 32.1. The number of hydrogen-bond acceptors (Lipinski definition) is 2. The monoisotopic (exact) mass is 495 g/mol. The Morgan fingerprint density at radius 1 is 0.818 bits per heavy atom. The molecule has 0 saturated carbocycles. The third-order valence-corrected chi connectivity index (χ3v) is 6.49. The molecule has 0 saturated heterocycles. The Morgan fingerprint density at radius 2 is 1.48 bits per heavy atom. The van der Waals surface area contributed by atoms with Crippen LogP contribution >= 0.6 is 15.9 Å². The molecule has 0 fully saturated rings. The minimum absolute atomic E-state index is 0.0232. The number of nitrogens with zero attached hydrogens (tertiary/aromatic N) is 2. The van der Waals surface area contributed by atoms with E-state index in [1.54, 1.807) is 4.57 Å². The number of aryl methyl sites for hydroxylation is 1. The van der Waals surface area contributed by atoms with E-state index in [4.69, 9.17) is 5.41 Å². The van der Waals surface area contributed by atoms with Gasteiger partial charge in [-0.05, 0) is 41.0 Å². The quantitative estimate of drug-likeness (QED) is 0.280. The van der Waals surface area contributed by atoms with Crippen LogP contribution in [0.2, 0.25) is 0 Å². The van der Waals surface area contributed by atoms with Gasteiger partial charge in [-0.1, -0.05) is 88.7 Å². The largest absolute Gasteiger partial charge is 0.313 e. The molecule has 5 rings (SSSR count). The van der Waals surface area contributed by atoms with Crippen LogP contribution in [-0.2, 0) is 13.6 Å². The number of carbonyl (C=O) groups is 1. The number of nitrogens with one attached hydrogen (secondary N) is 1. The van der Waals surface area contributed by atoms with Crippen molar-refractivity contribution in [1.82, 2.24) is 9.13 Å². The highest BCUT2D eigenvalue weighted by atomic mass is 79.9. The summed E-state index contributed by atoms with van der Waals surface area (Å²) in [5.41, 5.74) is 7.16. The zero-order valence-corrected chi connectivity index (χ0v) is 19.7. The van der Waals surface area contributed by atoms with Crippen LogP contribution in [0.5, 0.6) is 0 Å². The maximum atomic E-state index is 13.0. The lowest BCUT2D eigenvalue weighted by Crippen LogP contribution is -2.25. The third-order valence-electron chi connectivity index (χ3n) is 5.96. The second-order valence-corrected chi connectivity index (χ2v) is 8.93. The van der Waals surface area contributed by atoms with Crippen LogP contribution in [0.4, 0.5) is 0 Å². The lowest BCUT2D eigenvalue weighted by atomic mass is 9.98. The molecule has 0 atom stereocenters. The Balaban J connectivity index is 1.60. The zero-order chi connectivity index (χ0) is 22.9. The summed E-state index contributed by atoms with van der Waals surface area (Å²) in [7, 11) is 1.88. The molecule has 0 aliphatic rings. The molecule has 0 aliphatic carbocycles. The van der Waals surface area contributed by atoms with Crippen LogP contribution in [0.1, 0.15) is 10.4 Å². The second-order valence-electron chi connectivity index (χ2n) is 8.02. The van der Waals surface area contributed by atoms with Gasteiger partial charge in [-0.3, -0.25) is 10.2 Å². The predicted molar refractivity (Wildman–Crippen MR) is 136 cm³/mol. The standard InChI is InChI=1S/C28H22BrN3O/c1-31-27-24(22-10-5-9-21(17-22)19-7-3-2-4-8-19)11-6-12-25(27)32(28(31)30)18-26(33)20-13-15-23(29)16-14-20/h2-17,30H,18H2,1H3. The minimum atomic E-state index is -0.0232. The van der Waals surface area contributed by atoms with Gasteiger partial charge in [-0.25, -0.2) is 0 Å². The number of aromatic nitrogens is 2. The van der Waals surface area contributed by atoms with Crippen molar-refractivity contribution in [3.8, 4) is 22.3 Å². The van der Waals surface area contributed by atoms with Crippen molar-refractivity contribution in [3.05, 3.63) is 113 Å². The Labute approximate surface area is 200 Å². The van der Waals surface area contributed by atoms with E-state index in [1.165, 1.54) is 0 Å². The highest BCUT2D eigenvalue weighted by Crippen LogP contribution is 2.31. The maximum Gasteiger partial charge on any atom is 0.203 e. The minimum Gasteiger partial charge on any atom is -0.313 e.